The zero-order valence-electron chi connectivity index (χ0n) is 15.8. The number of nitrogens with zero attached hydrogens (tertiary/aromatic N) is 4. The molecule has 1 atom stereocenters. The predicted octanol–water partition coefficient (Wildman–Crippen LogP) is 4.12. The van der Waals surface area contributed by atoms with Crippen LogP contribution in [0.1, 0.15) is 52.3 Å². The third kappa shape index (κ3) is 3.93. The highest BCUT2D eigenvalue weighted by atomic mass is 19.4. The van der Waals surface area contributed by atoms with Crippen LogP contribution in [0.4, 0.5) is 24.7 Å². The van der Waals surface area contributed by atoms with Crippen molar-refractivity contribution >= 4 is 23.0 Å². The molecular weight excluding hydrogens is 399 g/mol. The molecule has 0 bridgehead atoms. The molecule has 3 heterocycles. The van der Waals surface area contributed by atoms with Gasteiger partial charge in [0.1, 0.15) is 29.3 Å². The summed E-state index contributed by atoms with van der Waals surface area (Å²) in [6, 6.07) is 6.51. The minimum Gasteiger partial charge on any atom is -0.384 e. The molecule has 0 fully saturated rings. The molecule has 0 radical (unpaired) electrons. The summed E-state index contributed by atoms with van der Waals surface area (Å²) in [5.74, 6) is 0.154. The van der Waals surface area contributed by atoms with Crippen LogP contribution in [0.15, 0.2) is 46.2 Å². The fourth-order valence-corrected chi connectivity index (χ4v) is 3.19. The molecule has 10 heteroatoms. The van der Waals surface area contributed by atoms with Crippen molar-refractivity contribution in [3.63, 3.8) is 0 Å². The van der Waals surface area contributed by atoms with Crippen molar-refractivity contribution in [2.75, 3.05) is 5.73 Å². The largest absolute Gasteiger partial charge is 0.416 e. The number of alkyl halides is 3. The maximum Gasteiger partial charge on any atom is 0.416 e. The van der Waals surface area contributed by atoms with Gasteiger partial charge in [0.15, 0.2) is 5.78 Å². The number of hydrogen-bond acceptors (Lipinski definition) is 7. The number of Topliss-reactive ketones (excluding diaryl/α,β-unsaturated/α-hetero) is 1. The van der Waals surface area contributed by atoms with E-state index in [1.165, 1.54) is 18.5 Å². The number of rotatable bonds is 5. The Labute approximate surface area is 168 Å². The summed E-state index contributed by atoms with van der Waals surface area (Å²) in [6.45, 7) is 1.80. The lowest BCUT2D eigenvalue weighted by atomic mass is 9.99. The van der Waals surface area contributed by atoms with Crippen LogP contribution < -0.4 is 5.73 Å². The van der Waals surface area contributed by atoms with Crippen LogP contribution in [-0.4, -0.2) is 26.6 Å². The first-order valence-corrected chi connectivity index (χ1v) is 9.06. The molecule has 1 aromatic carbocycles. The number of anilines is 1. The zero-order chi connectivity index (χ0) is 21.5. The molecule has 7 nitrogen and oxygen atoms in total. The average Bonchev–Trinajstić information content (AvgIpc) is 3.33. The number of halogens is 3. The summed E-state index contributed by atoms with van der Waals surface area (Å²) in [5.41, 5.74) is 6.98. The van der Waals surface area contributed by atoms with E-state index in [1.54, 1.807) is 13.0 Å². The predicted molar refractivity (Wildman–Crippen MR) is 102 cm³/mol. The molecule has 0 spiro atoms. The van der Waals surface area contributed by atoms with E-state index >= 15 is 0 Å². The molecule has 0 unspecified atom stereocenters. The molecule has 0 saturated carbocycles. The van der Waals surface area contributed by atoms with Crippen molar-refractivity contribution in [1.82, 2.24) is 15.1 Å². The number of carbonyl (C=O) groups is 1. The van der Waals surface area contributed by atoms with Gasteiger partial charge in [0.25, 0.3) is 0 Å². The van der Waals surface area contributed by atoms with Crippen molar-refractivity contribution < 1.29 is 22.5 Å². The molecule has 4 rings (SSSR count). The minimum absolute atomic E-state index is 0.118. The van der Waals surface area contributed by atoms with Gasteiger partial charge in [-0.2, -0.15) is 13.2 Å². The summed E-state index contributed by atoms with van der Waals surface area (Å²) < 4.78 is 44.1. The quantitative estimate of drug-likeness (QED) is 0.628. The molecule has 2 N–H and O–H groups in total. The van der Waals surface area contributed by atoms with E-state index in [0.717, 1.165) is 12.1 Å². The monoisotopic (exact) mass is 415 g/mol. The minimum atomic E-state index is -4.41. The van der Waals surface area contributed by atoms with Gasteiger partial charge in [0, 0.05) is 30.9 Å². The second-order valence-electron chi connectivity index (χ2n) is 7.05. The Morgan fingerprint density at radius 3 is 2.77 bits per heavy atom. The van der Waals surface area contributed by atoms with Crippen LogP contribution >= 0.6 is 0 Å². The van der Waals surface area contributed by atoms with E-state index in [-0.39, 0.29) is 36.1 Å². The average molecular weight is 415 g/mol. The number of hydrogen-bond donors (Lipinski definition) is 1. The first kappa shape index (κ1) is 19.7. The number of aromatic nitrogens is 3. The lowest BCUT2D eigenvalue weighted by Crippen LogP contribution is -2.08. The van der Waals surface area contributed by atoms with E-state index in [0.29, 0.717) is 28.4 Å². The van der Waals surface area contributed by atoms with Gasteiger partial charge in [0.2, 0.25) is 0 Å². The highest BCUT2D eigenvalue weighted by Crippen LogP contribution is 2.36. The Bertz CT molecular complexity index is 1150. The molecule has 2 aromatic heterocycles. The van der Waals surface area contributed by atoms with Crippen LogP contribution in [0, 0.1) is 0 Å². The van der Waals surface area contributed by atoms with Crippen molar-refractivity contribution in [3.8, 4) is 0 Å². The highest BCUT2D eigenvalue weighted by Gasteiger charge is 2.32. The van der Waals surface area contributed by atoms with Crippen molar-refractivity contribution in [2.24, 2.45) is 4.99 Å². The van der Waals surface area contributed by atoms with Crippen LogP contribution in [-0.2, 0) is 12.6 Å². The summed E-state index contributed by atoms with van der Waals surface area (Å²) in [6.07, 6.45) is -2.85. The van der Waals surface area contributed by atoms with Crippen LogP contribution in [0.5, 0.6) is 0 Å². The summed E-state index contributed by atoms with van der Waals surface area (Å²) in [7, 11) is 0. The lowest BCUT2D eigenvalue weighted by Gasteiger charge is -2.07. The summed E-state index contributed by atoms with van der Waals surface area (Å²) in [4.78, 5) is 24.4. The number of nitrogens with two attached hydrogens (primary N) is 1. The van der Waals surface area contributed by atoms with Gasteiger partial charge in [-0.1, -0.05) is 12.1 Å². The summed E-state index contributed by atoms with van der Waals surface area (Å²) in [5, 5.41) is 3.98. The molecule has 30 heavy (non-hydrogen) atoms. The molecule has 154 valence electrons. The number of carbonyl (C=O) groups excluding carboxylic acids is 1. The van der Waals surface area contributed by atoms with Gasteiger partial charge in [-0.05, 0) is 23.8 Å². The fourth-order valence-electron chi connectivity index (χ4n) is 3.19. The fraction of sp³-hybridized carbons (Fsp3) is 0.250. The van der Waals surface area contributed by atoms with Gasteiger partial charge in [-0.25, -0.2) is 9.97 Å². The first-order chi connectivity index (χ1) is 14.2. The molecular formula is C20H16F3N5O2. The highest BCUT2D eigenvalue weighted by molar-refractivity contribution is 6.05. The second-order valence-corrected chi connectivity index (χ2v) is 7.05. The van der Waals surface area contributed by atoms with Gasteiger partial charge >= 0.3 is 6.18 Å². The number of aliphatic imine (C=N–C) groups is 1. The lowest BCUT2D eigenvalue weighted by molar-refractivity contribution is -0.137. The van der Waals surface area contributed by atoms with E-state index in [9.17, 15) is 18.0 Å². The zero-order valence-corrected chi connectivity index (χ0v) is 15.8. The standard InChI is InChI=1S/C20H16F3N5O2/c1-10(4-17(29)16-8-19(24)26-9-25-16)18-7-15(28-30-18)14-6-11-5-12(20(21,22)23)2-3-13(11)27-14/h2-3,5,7-10H,4,6H2,1H3,(H2,24,25,26)/t10-/m0/s1. The van der Waals surface area contributed by atoms with Gasteiger partial charge in [-0.3, -0.25) is 9.79 Å². The summed E-state index contributed by atoms with van der Waals surface area (Å²) >= 11 is 0. The number of nitrogen functional groups attached to an aromatic ring is 1. The SMILES string of the molecule is C[C@@H](CC(=O)c1cc(N)ncn1)c1cc(C2=Nc3ccc(C(F)(F)F)cc3C2)no1. The van der Waals surface area contributed by atoms with Gasteiger partial charge in [0.05, 0.1) is 17.0 Å². The topological polar surface area (TPSA) is 107 Å². The maximum atomic E-state index is 12.9. The molecule has 1 aliphatic heterocycles. The van der Waals surface area contributed by atoms with Crippen molar-refractivity contribution in [3.05, 3.63) is 64.9 Å². The first-order valence-electron chi connectivity index (χ1n) is 9.06. The number of benzene rings is 1. The third-order valence-electron chi connectivity index (χ3n) is 4.80. The molecule has 0 saturated heterocycles. The molecule has 3 aromatic rings. The van der Waals surface area contributed by atoms with Crippen LogP contribution in [0.3, 0.4) is 0 Å². The van der Waals surface area contributed by atoms with Gasteiger partial charge < -0.3 is 10.3 Å². The molecule has 0 amide bonds. The molecule has 1 aliphatic rings. The Balaban J connectivity index is 1.47. The Kier molecular flexibility index (Phi) is 4.84. The molecule has 0 aliphatic carbocycles. The van der Waals surface area contributed by atoms with Crippen LogP contribution in [0.2, 0.25) is 0 Å². The van der Waals surface area contributed by atoms with Crippen LogP contribution in [0.25, 0.3) is 0 Å². The maximum absolute atomic E-state index is 12.9. The Morgan fingerprint density at radius 1 is 1.23 bits per heavy atom. The Hall–Kier alpha value is -3.56. The Morgan fingerprint density at radius 2 is 2.03 bits per heavy atom. The van der Waals surface area contributed by atoms with Crippen molar-refractivity contribution in [1.29, 1.82) is 0 Å². The smallest absolute Gasteiger partial charge is 0.384 e. The second kappa shape index (κ2) is 7.36. The van der Waals surface area contributed by atoms with E-state index < -0.39 is 11.7 Å². The van der Waals surface area contributed by atoms with E-state index in [1.807, 2.05) is 0 Å². The van der Waals surface area contributed by atoms with E-state index in [2.05, 4.69) is 20.1 Å². The number of ketones is 1. The normalized spacial score (nSPS) is 14.3. The van der Waals surface area contributed by atoms with Gasteiger partial charge in [-0.15, -0.1) is 0 Å². The number of fused-ring (bicyclic) bond motifs is 1. The van der Waals surface area contributed by atoms with Crippen molar-refractivity contribution in [2.45, 2.75) is 31.9 Å². The van der Waals surface area contributed by atoms with E-state index in [4.69, 9.17) is 10.3 Å². The third-order valence-corrected chi connectivity index (χ3v) is 4.80.